The number of thioether (sulfide) groups is 1. The molecule has 1 aromatic heterocycles. The zero-order valence-corrected chi connectivity index (χ0v) is 10.8. The normalized spacial score (nSPS) is 17.5. The molecule has 0 aliphatic heterocycles. The molecule has 3 nitrogen and oxygen atoms in total. The highest BCUT2D eigenvalue weighted by Crippen LogP contribution is 2.33. The van der Waals surface area contributed by atoms with Gasteiger partial charge in [0.25, 0.3) is 0 Å². The first-order valence-corrected chi connectivity index (χ1v) is 7.06. The van der Waals surface area contributed by atoms with Crippen LogP contribution in [0.2, 0.25) is 0 Å². The van der Waals surface area contributed by atoms with Crippen LogP contribution < -0.4 is 5.73 Å². The lowest BCUT2D eigenvalue weighted by Gasteiger charge is -2.07. The second-order valence-electron chi connectivity index (χ2n) is 4.87. The van der Waals surface area contributed by atoms with Gasteiger partial charge in [0.1, 0.15) is 0 Å². The van der Waals surface area contributed by atoms with Crippen LogP contribution >= 0.6 is 11.8 Å². The van der Waals surface area contributed by atoms with Crippen molar-refractivity contribution in [3.8, 4) is 0 Å². The molecule has 3 rings (SSSR count). The third-order valence-electron chi connectivity index (χ3n) is 3.26. The second-order valence-corrected chi connectivity index (χ2v) is 5.88. The molecule has 17 heavy (non-hydrogen) atoms. The van der Waals surface area contributed by atoms with Gasteiger partial charge in [0, 0.05) is 11.8 Å². The third kappa shape index (κ3) is 2.48. The van der Waals surface area contributed by atoms with Crippen molar-refractivity contribution >= 4 is 22.8 Å². The van der Waals surface area contributed by atoms with Crippen LogP contribution in [0.3, 0.4) is 0 Å². The van der Waals surface area contributed by atoms with E-state index in [9.17, 15) is 0 Å². The van der Waals surface area contributed by atoms with E-state index in [0.29, 0.717) is 6.04 Å². The Bertz CT molecular complexity index is 530. The molecule has 1 aliphatic carbocycles. The zero-order chi connectivity index (χ0) is 11.8. The van der Waals surface area contributed by atoms with E-state index in [-0.39, 0.29) is 0 Å². The second kappa shape index (κ2) is 4.35. The van der Waals surface area contributed by atoms with E-state index in [1.165, 1.54) is 18.4 Å². The number of rotatable bonds is 4. The van der Waals surface area contributed by atoms with Crippen LogP contribution in [0, 0.1) is 12.8 Å². The monoisotopic (exact) mass is 247 g/mol. The molecule has 2 aromatic rings. The van der Waals surface area contributed by atoms with E-state index < -0.39 is 0 Å². The summed E-state index contributed by atoms with van der Waals surface area (Å²) in [4.78, 5) is 7.90. The average molecular weight is 247 g/mol. The largest absolute Gasteiger partial charge is 0.333 e. The van der Waals surface area contributed by atoms with E-state index in [4.69, 9.17) is 5.73 Å². The highest BCUT2D eigenvalue weighted by Gasteiger charge is 2.28. The molecule has 0 amide bonds. The van der Waals surface area contributed by atoms with E-state index in [2.05, 4.69) is 35.1 Å². The van der Waals surface area contributed by atoms with Gasteiger partial charge in [-0.25, -0.2) is 4.98 Å². The van der Waals surface area contributed by atoms with Gasteiger partial charge in [-0.2, -0.15) is 0 Å². The molecule has 1 aliphatic rings. The zero-order valence-electron chi connectivity index (χ0n) is 9.94. The SMILES string of the molecule is Cc1ccc2nc(SCC(N)C3CC3)[nH]c2c1. The minimum atomic E-state index is 0.329. The standard InChI is InChI=1S/C13H17N3S/c1-8-2-5-11-12(6-8)16-13(15-11)17-7-10(14)9-3-4-9/h2,5-6,9-10H,3-4,7,14H2,1H3,(H,15,16). The number of hydrogen-bond donors (Lipinski definition) is 2. The number of benzene rings is 1. The fourth-order valence-electron chi connectivity index (χ4n) is 2.00. The molecule has 0 saturated heterocycles. The molecule has 1 fully saturated rings. The van der Waals surface area contributed by atoms with Crippen LogP contribution in [0.4, 0.5) is 0 Å². The Morgan fingerprint density at radius 3 is 3.12 bits per heavy atom. The lowest BCUT2D eigenvalue weighted by Crippen LogP contribution is -2.25. The van der Waals surface area contributed by atoms with Gasteiger partial charge >= 0.3 is 0 Å². The number of nitrogens with two attached hydrogens (primary N) is 1. The maximum atomic E-state index is 6.08. The van der Waals surface area contributed by atoms with Crippen molar-refractivity contribution in [3.63, 3.8) is 0 Å². The molecule has 1 unspecified atom stereocenters. The Morgan fingerprint density at radius 1 is 1.53 bits per heavy atom. The summed E-state index contributed by atoms with van der Waals surface area (Å²) in [7, 11) is 0. The number of aromatic amines is 1. The smallest absolute Gasteiger partial charge is 0.166 e. The third-order valence-corrected chi connectivity index (χ3v) is 4.27. The topological polar surface area (TPSA) is 54.7 Å². The Morgan fingerprint density at radius 2 is 2.35 bits per heavy atom. The van der Waals surface area contributed by atoms with Crippen LogP contribution in [-0.4, -0.2) is 21.8 Å². The minimum Gasteiger partial charge on any atom is -0.333 e. The lowest BCUT2D eigenvalue weighted by atomic mass is 10.2. The number of H-pyrrole nitrogens is 1. The molecule has 3 N–H and O–H groups in total. The van der Waals surface area contributed by atoms with Gasteiger partial charge < -0.3 is 10.7 Å². The molecular formula is C13H17N3S. The molecule has 90 valence electrons. The fourth-order valence-corrected chi connectivity index (χ4v) is 2.97. The molecule has 1 atom stereocenters. The van der Waals surface area contributed by atoms with Crippen molar-refractivity contribution in [3.05, 3.63) is 23.8 Å². The lowest BCUT2D eigenvalue weighted by molar-refractivity contribution is 0.658. The Labute approximate surface area is 105 Å². The summed E-state index contributed by atoms with van der Waals surface area (Å²) in [5.74, 6) is 1.72. The Kier molecular flexibility index (Phi) is 2.84. The maximum Gasteiger partial charge on any atom is 0.166 e. The number of hydrogen-bond acceptors (Lipinski definition) is 3. The van der Waals surface area contributed by atoms with Gasteiger partial charge in [-0.1, -0.05) is 17.8 Å². The van der Waals surface area contributed by atoms with Gasteiger partial charge in [0.05, 0.1) is 11.0 Å². The summed E-state index contributed by atoms with van der Waals surface area (Å²) in [6, 6.07) is 6.61. The van der Waals surface area contributed by atoms with E-state index in [1.807, 2.05) is 0 Å². The van der Waals surface area contributed by atoms with E-state index in [1.54, 1.807) is 11.8 Å². The summed E-state index contributed by atoms with van der Waals surface area (Å²) < 4.78 is 0. The highest BCUT2D eigenvalue weighted by atomic mass is 32.2. The Hall–Kier alpha value is -1.00. The first-order chi connectivity index (χ1) is 8.22. The fraction of sp³-hybridized carbons (Fsp3) is 0.462. The molecule has 1 aromatic carbocycles. The number of fused-ring (bicyclic) bond motifs is 1. The highest BCUT2D eigenvalue weighted by molar-refractivity contribution is 7.99. The van der Waals surface area contributed by atoms with Crippen molar-refractivity contribution in [2.45, 2.75) is 31.0 Å². The van der Waals surface area contributed by atoms with Gasteiger partial charge in [-0.3, -0.25) is 0 Å². The van der Waals surface area contributed by atoms with Crippen molar-refractivity contribution in [2.75, 3.05) is 5.75 Å². The van der Waals surface area contributed by atoms with Gasteiger partial charge in [-0.05, 0) is 43.4 Å². The van der Waals surface area contributed by atoms with Crippen LogP contribution in [0.15, 0.2) is 23.4 Å². The average Bonchev–Trinajstić information content (AvgIpc) is 3.07. The molecular weight excluding hydrogens is 230 g/mol. The van der Waals surface area contributed by atoms with Gasteiger partial charge in [0.15, 0.2) is 5.16 Å². The quantitative estimate of drug-likeness (QED) is 0.817. The number of imidazole rings is 1. The maximum absolute atomic E-state index is 6.08. The van der Waals surface area contributed by atoms with Crippen molar-refractivity contribution in [1.82, 2.24) is 9.97 Å². The first kappa shape index (κ1) is 11.1. The van der Waals surface area contributed by atoms with Gasteiger partial charge in [-0.15, -0.1) is 0 Å². The summed E-state index contributed by atoms with van der Waals surface area (Å²) >= 11 is 1.74. The van der Waals surface area contributed by atoms with Crippen LogP contribution in [0.5, 0.6) is 0 Å². The molecule has 0 radical (unpaired) electrons. The number of aromatic nitrogens is 2. The first-order valence-electron chi connectivity index (χ1n) is 6.07. The van der Waals surface area contributed by atoms with Crippen LogP contribution in [0.25, 0.3) is 11.0 Å². The number of nitrogens with one attached hydrogen (secondary N) is 1. The van der Waals surface area contributed by atoms with E-state index in [0.717, 1.165) is 27.9 Å². The predicted molar refractivity (Wildman–Crippen MR) is 72.3 cm³/mol. The number of nitrogens with zero attached hydrogens (tertiary/aromatic N) is 1. The van der Waals surface area contributed by atoms with Crippen molar-refractivity contribution in [1.29, 1.82) is 0 Å². The molecule has 0 bridgehead atoms. The molecule has 1 saturated carbocycles. The van der Waals surface area contributed by atoms with Gasteiger partial charge in [0.2, 0.25) is 0 Å². The Balaban J connectivity index is 1.72. The van der Waals surface area contributed by atoms with Crippen LogP contribution in [0.1, 0.15) is 18.4 Å². The molecule has 0 spiro atoms. The summed E-state index contributed by atoms with van der Waals surface area (Å²) in [5, 5.41) is 0.988. The van der Waals surface area contributed by atoms with Crippen LogP contribution in [-0.2, 0) is 0 Å². The summed E-state index contributed by atoms with van der Waals surface area (Å²) in [6.07, 6.45) is 2.61. The van der Waals surface area contributed by atoms with Crippen molar-refractivity contribution < 1.29 is 0 Å². The van der Waals surface area contributed by atoms with Crippen molar-refractivity contribution in [2.24, 2.45) is 11.7 Å². The van der Waals surface area contributed by atoms with E-state index >= 15 is 0 Å². The molecule has 4 heteroatoms. The number of aryl methyl sites for hydroxylation is 1. The molecule has 1 heterocycles. The summed E-state index contributed by atoms with van der Waals surface area (Å²) in [6.45, 7) is 2.09. The minimum absolute atomic E-state index is 0.329. The summed E-state index contributed by atoms with van der Waals surface area (Å²) in [5.41, 5.74) is 9.50. The predicted octanol–water partition coefficient (Wildman–Crippen LogP) is 2.70.